The number of nitrogens with one attached hydrogen (secondary N) is 1. The number of aromatic nitrogens is 2. The van der Waals surface area contributed by atoms with Gasteiger partial charge in [0.25, 0.3) is 0 Å². The topological polar surface area (TPSA) is 66.0 Å². The number of carbonyl (C=O) groups is 1. The van der Waals surface area contributed by atoms with Gasteiger partial charge in [-0.1, -0.05) is 35.3 Å². The Morgan fingerprint density at radius 1 is 1.15 bits per heavy atom. The average molecular weight is 307 g/mol. The van der Waals surface area contributed by atoms with Crippen molar-refractivity contribution in [3.63, 3.8) is 0 Å². The number of imidazole rings is 1. The van der Waals surface area contributed by atoms with E-state index in [2.05, 4.69) is 9.97 Å². The molecular weight excluding hydrogens is 299 g/mol. The molecule has 0 radical (unpaired) electrons. The molecule has 0 amide bonds. The van der Waals surface area contributed by atoms with Crippen LogP contribution >= 0.6 is 23.2 Å². The number of carboxylic acid groups (broad SMARTS) is 1. The third kappa shape index (κ3) is 2.24. The highest BCUT2D eigenvalue weighted by Crippen LogP contribution is 2.28. The number of aromatic amines is 1. The molecule has 0 saturated carbocycles. The Labute approximate surface area is 124 Å². The lowest BCUT2D eigenvalue weighted by molar-refractivity contribution is 0.0697. The van der Waals surface area contributed by atoms with Crippen LogP contribution in [-0.2, 0) is 0 Å². The van der Waals surface area contributed by atoms with Gasteiger partial charge >= 0.3 is 5.97 Å². The monoisotopic (exact) mass is 306 g/mol. The van der Waals surface area contributed by atoms with Crippen molar-refractivity contribution in [2.45, 2.75) is 0 Å². The molecule has 2 aromatic carbocycles. The molecule has 0 spiro atoms. The second-order valence-corrected chi connectivity index (χ2v) is 5.07. The summed E-state index contributed by atoms with van der Waals surface area (Å²) in [5, 5.41) is 9.87. The summed E-state index contributed by atoms with van der Waals surface area (Å²) in [4.78, 5) is 18.5. The van der Waals surface area contributed by atoms with E-state index in [-0.39, 0.29) is 5.56 Å². The Bertz CT molecular complexity index is 788. The second-order valence-electron chi connectivity index (χ2n) is 4.25. The largest absolute Gasteiger partial charge is 0.478 e. The van der Waals surface area contributed by atoms with E-state index in [0.29, 0.717) is 26.9 Å². The summed E-state index contributed by atoms with van der Waals surface area (Å²) in [6.07, 6.45) is 0. The molecule has 0 aliphatic rings. The molecule has 0 unspecified atom stereocenters. The van der Waals surface area contributed by atoms with Gasteiger partial charge in [0.1, 0.15) is 5.82 Å². The molecule has 2 N–H and O–H groups in total. The average Bonchev–Trinajstić information content (AvgIpc) is 2.82. The van der Waals surface area contributed by atoms with E-state index in [4.69, 9.17) is 28.3 Å². The standard InChI is InChI=1S/C14H8Cl2N2O2/c15-9-5-11-12(6-10(9)16)18-13(17-11)7-2-1-3-8(4-7)14(19)20/h1-6H,(H,17,18)(H,19,20). The lowest BCUT2D eigenvalue weighted by atomic mass is 10.1. The summed E-state index contributed by atoms with van der Waals surface area (Å²) in [6.45, 7) is 0. The lowest BCUT2D eigenvalue weighted by Crippen LogP contribution is -1.95. The molecule has 3 aromatic rings. The quantitative estimate of drug-likeness (QED) is 0.744. The zero-order valence-electron chi connectivity index (χ0n) is 10.0. The van der Waals surface area contributed by atoms with Crippen LogP contribution in [-0.4, -0.2) is 21.0 Å². The number of aromatic carboxylic acids is 1. The van der Waals surface area contributed by atoms with Crippen molar-refractivity contribution in [3.8, 4) is 11.4 Å². The van der Waals surface area contributed by atoms with E-state index < -0.39 is 5.97 Å². The van der Waals surface area contributed by atoms with Crippen LogP contribution in [0.15, 0.2) is 36.4 Å². The number of carboxylic acids is 1. The number of fused-ring (bicyclic) bond motifs is 1. The van der Waals surface area contributed by atoms with Crippen molar-refractivity contribution in [3.05, 3.63) is 52.0 Å². The van der Waals surface area contributed by atoms with E-state index in [1.165, 1.54) is 6.07 Å². The van der Waals surface area contributed by atoms with Gasteiger partial charge in [-0.3, -0.25) is 0 Å². The van der Waals surface area contributed by atoms with E-state index in [9.17, 15) is 4.79 Å². The first-order valence-corrected chi connectivity index (χ1v) is 6.48. The van der Waals surface area contributed by atoms with Crippen LogP contribution in [0, 0.1) is 0 Å². The fourth-order valence-electron chi connectivity index (χ4n) is 1.94. The van der Waals surface area contributed by atoms with Crippen LogP contribution in [0.5, 0.6) is 0 Å². The number of nitrogens with zero attached hydrogens (tertiary/aromatic N) is 1. The first kappa shape index (κ1) is 13.0. The molecule has 1 aromatic heterocycles. The highest BCUT2D eigenvalue weighted by molar-refractivity contribution is 6.42. The van der Waals surface area contributed by atoms with Gasteiger partial charge in [-0.2, -0.15) is 0 Å². The number of H-pyrrole nitrogens is 1. The van der Waals surface area contributed by atoms with Crippen molar-refractivity contribution < 1.29 is 9.90 Å². The van der Waals surface area contributed by atoms with Crippen LogP contribution in [0.25, 0.3) is 22.4 Å². The summed E-state index contributed by atoms with van der Waals surface area (Å²) < 4.78 is 0. The molecule has 0 aliphatic heterocycles. The fourth-order valence-corrected chi connectivity index (χ4v) is 2.26. The normalized spacial score (nSPS) is 10.9. The van der Waals surface area contributed by atoms with E-state index in [1.807, 2.05) is 0 Å². The van der Waals surface area contributed by atoms with Gasteiger partial charge in [-0.15, -0.1) is 0 Å². The molecule has 3 rings (SSSR count). The number of halogens is 2. The van der Waals surface area contributed by atoms with Gasteiger partial charge in [-0.05, 0) is 24.3 Å². The molecule has 20 heavy (non-hydrogen) atoms. The van der Waals surface area contributed by atoms with Gasteiger partial charge in [0.2, 0.25) is 0 Å². The van der Waals surface area contributed by atoms with Crippen molar-refractivity contribution in [1.82, 2.24) is 9.97 Å². The second kappa shape index (κ2) is 4.81. The molecule has 4 nitrogen and oxygen atoms in total. The Morgan fingerprint density at radius 3 is 2.65 bits per heavy atom. The summed E-state index contributed by atoms with van der Waals surface area (Å²) in [6, 6.07) is 9.90. The van der Waals surface area contributed by atoms with Crippen LogP contribution < -0.4 is 0 Å². The highest BCUT2D eigenvalue weighted by Gasteiger charge is 2.10. The minimum atomic E-state index is -0.978. The molecule has 0 atom stereocenters. The van der Waals surface area contributed by atoms with Gasteiger partial charge in [0.15, 0.2) is 0 Å². The Kier molecular flexibility index (Phi) is 3.12. The van der Waals surface area contributed by atoms with Crippen molar-refractivity contribution in [2.75, 3.05) is 0 Å². The molecule has 0 aliphatic carbocycles. The van der Waals surface area contributed by atoms with Crippen molar-refractivity contribution in [1.29, 1.82) is 0 Å². The van der Waals surface area contributed by atoms with E-state index in [1.54, 1.807) is 30.3 Å². The molecule has 0 saturated heterocycles. The van der Waals surface area contributed by atoms with Crippen LogP contribution in [0.1, 0.15) is 10.4 Å². The van der Waals surface area contributed by atoms with Gasteiger partial charge in [0.05, 0.1) is 26.6 Å². The number of benzene rings is 2. The number of rotatable bonds is 2. The first-order chi connectivity index (χ1) is 9.54. The summed E-state index contributed by atoms with van der Waals surface area (Å²) in [7, 11) is 0. The Hall–Kier alpha value is -2.04. The van der Waals surface area contributed by atoms with Gasteiger partial charge < -0.3 is 10.1 Å². The molecule has 6 heteroatoms. The lowest BCUT2D eigenvalue weighted by Gasteiger charge is -1.98. The van der Waals surface area contributed by atoms with E-state index >= 15 is 0 Å². The zero-order valence-corrected chi connectivity index (χ0v) is 11.5. The van der Waals surface area contributed by atoms with Gasteiger partial charge in [-0.25, -0.2) is 9.78 Å². The van der Waals surface area contributed by atoms with Crippen LogP contribution in [0.4, 0.5) is 0 Å². The SMILES string of the molecule is O=C(O)c1cccc(-c2nc3cc(Cl)c(Cl)cc3[nH]2)c1. The molecular formula is C14H8Cl2N2O2. The third-order valence-corrected chi connectivity index (χ3v) is 3.63. The smallest absolute Gasteiger partial charge is 0.335 e. The zero-order chi connectivity index (χ0) is 14.3. The summed E-state index contributed by atoms with van der Waals surface area (Å²) in [5.41, 5.74) is 2.32. The number of hydrogen-bond donors (Lipinski definition) is 2. The molecule has 100 valence electrons. The maximum atomic E-state index is 11.0. The van der Waals surface area contributed by atoms with Crippen LogP contribution in [0.2, 0.25) is 10.0 Å². The van der Waals surface area contributed by atoms with Crippen molar-refractivity contribution in [2.24, 2.45) is 0 Å². The maximum Gasteiger partial charge on any atom is 0.335 e. The Morgan fingerprint density at radius 2 is 1.90 bits per heavy atom. The Balaban J connectivity index is 2.15. The first-order valence-electron chi connectivity index (χ1n) is 5.73. The predicted molar refractivity (Wildman–Crippen MR) is 78.5 cm³/mol. The van der Waals surface area contributed by atoms with Crippen LogP contribution in [0.3, 0.4) is 0 Å². The summed E-state index contributed by atoms with van der Waals surface area (Å²) >= 11 is 11.9. The highest BCUT2D eigenvalue weighted by atomic mass is 35.5. The maximum absolute atomic E-state index is 11.0. The van der Waals surface area contributed by atoms with Crippen molar-refractivity contribution >= 4 is 40.2 Å². The molecule has 0 bridgehead atoms. The predicted octanol–water partition coefficient (Wildman–Crippen LogP) is 4.23. The summed E-state index contributed by atoms with van der Waals surface area (Å²) in [5.74, 6) is -0.407. The molecule has 1 heterocycles. The third-order valence-electron chi connectivity index (χ3n) is 2.91. The number of hydrogen-bond acceptors (Lipinski definition) is 2. The molecule has 0 fully saturated rings. The minimum absolute atomic E-state index is 0.207. The minimum Gasteiger partial charge on any atom is -0.478 e. The van der Waals surface area contributed by atoms with E-state index in [0.717, 1.165) is 5.52 Å². The van der Waals surface area contributed by atoms with Gasteiger partial charge in [0, 0.05) is 5.56 Å². The fraction of sp³-hybridized carbons (Fsp3) is 0.